The predicted molar refractivity (Wildman–Crippen MR) is 120 cm³/mol. The molecular formula is C20H23ClN6O3S. The number of rotatable bonds is 7. The van der Waals surface area contributed by atoms with Gasteiger partial charge < -0.3 is 5.32 Å². The van der Waals surface area contributed by atoms with Crippen molar-refractivity contribution in [1.29, 1.82) is 0 Å². The third-order valence-electron chi connectivity index (χ3n) is 4.55. The summed E-state index contributed by atoms with van der Waals surface area (Å²) in [6.45, 7) is 2.73. The molecule has 1 fully saturated rings. The van der Waals surface area contributed by atoms with E-state index in [9.17, 15) is 14.4 Å². The SMILES string of the molecule is Cc1nn(C)c(Cl)c1C=CC(=O)N1CCCN1C(=O)CSCC(=O)Nc1ccccn1. The summed E-state index contributed by atoms with van der Waals surface area (Å²) >= 11 is 7.38. The van der Waals surface area contributed by atoms with E-state index in [1.165, 1.54) is 32.5 Å². The Hall–Kier alpha value is -2.85. The van der Waals surface area contributed by atoms with Gasteiger partial charge in [0.25, 0.3) is 11.8 Å². The van der Waals surface area contributed by atoms with Crippen LogP contribution in [0.4, 0.5) is 5.82 Å². The maximum atomic E-state index is 12.6. The van der Waals surface area contributed by atoms with Crippen LogP contribution < -0.4 is 5.32 Å². The highest BCUT2D eigenvalue weighted by atomic mass is 35.5. The van der Waals surface area contributed by atoms with Crippen molar-refractivity contribution in [3.05, 3.63) is 46.9 Å². The van der Waals surface area contributed by atoms with Gasteiger partial charge in [0.15, 0.2) is 0 Å². The molecule has 0 unspecified atom stereocenters. The normalized spacial score (nSPS) is 13.8. The highest BCUT2D eigenvalue weighted by Crippen LogP contribution is 2.21. The quantitative estimate of drug-likeness (QED) is 0.633. The van der Waals surface area contributed by atoms with Crippen LogP contribution in [0.15, 0.2) is 30.5 Å². The lowest BCUT2D eigenvalue weighted by Crippen LogP contribution is -2.45. The fraction of sp³-hybridized carbons (Fsp3) is 0.350. The molecule has 0 atom stereocenters. The van der Waals surface area contributed by atoms with E-state index in [1.807, 2.05) is 6.92 Å². The van der Waals surface area contributed by atoms with E-state index in [4.69, 9.17) is 11.6 Å². The minimum Gasteiger partial charge on any atom is -0.310 e. The molecule has 2 aromatic rings. The minimum atomic E-state index is -0.303. The number of anilines is 1. The van der Waals surface area contributed by atoms with Crippen LogP contribution in [0.1, 0.15) is 17.7 Å². The van der Waals surface area contributed by atoms with Crippen LogP contribution in [0.5, 0.6) is 0 Å². The number of hydrogen-bond donors (Lipinski definition) is 1. The Labute approximate surface area is 189 Å². The highest BCUT2D eigenvalue weighted by molar-refractivity contribution is 8.00. The monoisotopic (exact) mass is 462 g/mol. The molecule has 1 saturated heterocycles. The summed E-state index contributed by atoms with van der Waals surface area (Å²) in [6, 6.07) is 5.22. The van der Waals surface area contributed by atoms with Crippen LogP contribution in [0, 0.1) is 6.92 Å². The molecule has 0 aromatic carbocycles. The molecule has 9 nitrogen and oxygen atoms in total. The molecule has 3 rings (SSSR count). The van der Waals surface area contributed by atoms with Gasteiger partial charge >= 0.3 is 0 Å². The third-order valence-corrected chi connectivity index (χ3v) is 5.92. The van der Waals surface area contributed by atoms with Gasteiger partial charge in [-0.1, -0.05) is 17.7 Å². The van der Waals surface area contributed by atoms with Gasteiger partial charge in [-0.2, -0.15) is 5.10 Å². The van der Waals surface area contributed by atoms with E-state index in [0.29, 0.717) is 41.7 Å². The van der Waals surface area contributed by atoms with Crippen molar-refractivity contribution in [3.63, 3.8) is 0 Å². The lowest BCUT2D eigenvalue weighted by molar-refractivity contribution is -0.152. The maximum Gasteiger partial charge on any atom is 0.265 e. The van der Waals surface area contributed by atoms with E-state index < -0.39 is 0 Å². The molecule has 0 saturated carbocycles. The Morgan fingerprint density at radius 3 is 2.68 bits per heavy atom. The molecule has 1 N–H and O–H groups in total. The second-order valence-electron chi connectivity index (χ2n) is 6.83. The van der Waals surface area contributed by atoms with Crippen molar-refractivity contribution in [2.45, 2.75) is 13.3 Å². The molecule has 1 aliphatic heterocycles. The average Bonchev–Trinajstić information content (AvgIpc) is 3.32. The highest BCUT2D eigenvalue weighted by Gasteiger charge is 2.29. The number of nitrogens with one attached hydrogen (secondary N) is 1. The van der Waals surface area contributed by atoms with Crippen LogP contribution >= 0.6 is 23.4 Å². The van der Waals surface area contributed by atoms with Gasteiger partial charge in [0.05, 0.1) is 17.2 Å². The Kier molecular flexibility index (Phi) is 7.69. The van der Waals surface area contributed by atoms with Crippen LogP contribution in [0.25, 0.3) is 6.08 Å². The average molecular weight is 463 g/mol. The van der Waals surface area contributed by atoms with Crippen molar-refractivity contribution in [2.24, 2.45) is 7.05 Å². The fourth-order valence-corrected chi connectivity index (χ4v) is 4.02. The zero-order chi connectivity index (χ0) is 22.4. The second kappa shape index (κ2) is 10.5. The first-order valence-electron chi connectivity index (χ1n) is 9.64. The second-order valence-corrected chi connectivity index (χ2v) is 8.18. The first-order valence-corrected chi connectivity index (χ1v) is 11.2. The molecule has 1 aliphatic rings. The Bertz CT molecular complexity index is 994. The molecule has 0 bridgehead atoms. The largest absolute Gasteiger partial charge is 0.310 e. The molecule has 2 aromatic heterocycles. The van der Waals surface area contributed by atoms with Crippen LogP contribution in [-0.4, -0.2) is 67.1 Å². The Balaban J connectivity index is 1.51. The number of amides is 3. The number of hydrogen-bond acceptors (Lipinski definition) is 6. The number of aryl methyl sites for hydroxylation is 2. The summed E-state index contributed by atoms with van der Waals surface area (Å²) in [6.07, 6.45) is 5.30. The zero-order valence-electron chi connectivity index (χ0n) is 17.2. The van der Waals surface area contributed by atoms with Gasteiger partial charge in [-0.3, -0.25) is 24.1 Å². The van der Waals surface area contributed by atoms with Crippen LogP contribution in [0.3, 0.4) is 0 Å². The number of halogens is 1. The summed E-state index contributed by atoms with van der Waals surface area (Å²) in [5.41, 5.74) is 1.38. The Morgan fingerprint density at radius 2 is 2.00 bits per heavy atom. The summed E-state index contributed by atoms with van der Waals surface area (Å²) in [5, 5.41) is 10.2. The molecule has 31 heavy (non-hydrogen) atoms. The van der Waals surface area contributed by atoms with Gasteiger partial charge in [-0.05, 0) is 31.6 Å². The molecule has 11 heteroatoms. The number of hydrazine groups is 1. The van der Waals surface area contributed by atoms with Crippen molar-refractivity contribution in [3.8, 4) is 0 Å². The minimum absolute atomic E-state index is 0.0939. The van der Waals surface area contributed by atoms with Crippen molar-refractivity contribution in [1.82, 2.24) is 24.8 Å². The molecule has 0 radical (unpaired) electrons. The molecular weight excluding hydrogens is 440 g/mol. The summed E-state index contributed by atoms with van der Waals surface area (Å²) < 4.78 is 1.54. The molecule has 0 spiro atoms. The molecule has 0 aliphatic carbocycles. The summed E-state index contributed by atoms with van der Waals surface area (Å²) in [5.74, 6) is -0.0862. The first-order chi connectivity index (χ1) is 14.9. The van der Waals surface area contributed by atoms with E-state index in [0.717, 1.165) is 0 Å². The topological polar surface area (TPSA) is 100 Å². The molecule has 3 amide bonds. The molecule has 164 valence electrons. The predicted octanol–water partition coefficient (Wildman–Crippen LogP) is 2.14. The van der Waals surface area contributed by atoms with Crippen molar-refractivity contribution in [2.75, 3.05) is 29.9 Å². The lowest BCUT2D eigenvalue weighted by atomic mass is 10.2. The first kappa shape index (κ1) is 22.8. The van der Waals surface area contributed by atoms with Gasteiger partial charge in [0, 0.05) is 38.0 Å². The number of pyridine rings is 1. The Morgan fingerprint density at radius 1 is 1.23 bits per heavy atom. The van der Waals surface area contributed by atoms with Crippen LogP contribution in [0.2, 0.25) is 5.15 Å². The zero-order valence-corrected chi connectivity index (χ0v) is 18.8. The van der Waals surface area contributed by atoms with Gasteiger partial charge in [0.2, 0.25) is 5.91 Å². The van der Waals surface area contributed by atoms with E-state index in [2.05, 4.69) is 15.4 Å². The van der Waals surface area contributed by atoms with E-state index in [-0.39, 0.29) is 29.2 Å². The van der Waals surface area contributed by atoms with Crippen molar-refractivity contribution >= 4 is 53.0 Å². The number of aromatic nitrogens is 3. The lowest BCUT2D eigenvalue weighted by Gasteiger charge is -2.26. The number of carbonyl (C=O) groups excluding carboxylic acids is 3. The number of carbonyl (C=O) groups is 3. The summed E-state index contributed by atoms with van der Waals surface area (Å²) in [7, 11) is 1.73. The number of nitrogens with zero attached hydrogens (tertiary/aromatic N) is 5. The van der Waals surface area contributed by atoms with E-state index in [1.54, 1.807) is 37.5 Å². The van der Waals surface area contributed by atoms with Crippen LogP contribution in [-0.2, 0) is 21.4 Å². The standard InChI is InChI=1S/C20H23ClN6O3S/c1-14-15(20(21)25(2)24-14)7-8-18(29)26-10-5-11-27(26)19(30)13-31-12-17(28)23-16-6-3-4-9-22-16/h3-4,6-9H,5,10-13H2,1-2H3,(H,22,23,28). The van der Waals surface area contributed by atoms with Gasteiger partial charge in [-0.15, -0.1) is 11.8 Å². The molecule has 3 heterocycles. The fourth-order valence-electron chi connectivity index (χ4n) is 3.10. The third kappa shape index (κ3) is 5.86. The smallest absolute Gasteiger partial charge is 0.265 e. The van der Waals surface area contributed by atoms with Gasteiger partial charge in [0.1, 0.15) is 11.0 Å². The maximum absolute atomic E-state index is 12.6. The van der Waals surface area contributed by atoms with Crippen molar-refractivity contribution < 1.29 is 14.4 Å². The summed E-state index contributed by atoms with van der Waals surface area (Å²) in [4.78, 5) is 41.2. The van der Waals surface area contributed by atoms with Gasteiger partial charge in [-0.25, -0.2) is 9.99 Å². The van der Waals surface area contributed by atoms with E-state index >= 15 is 0 Å². The number of thioether (sulfide) groups is 1.